The molecular weight excluding hydrogens is 343 g/mol. The first-order valence-electron chi connectivity index (χ1n) is 4.13. The van der Waals surface area contributed by atoms with Crippen molar-refractivity contribution in [2.24, 2.45) is 0 Å². The van der Waals surface area contributed by atoms with Gasteiger partial charge in [-0.25, -0.2) is 0 Å². The fraction of sp³-hybridized carbons (Fsp3) is 0.300. The molecule has 0 spiro atoms. The van der Waals surface area contributed by atoms with E-state index in [9.17, 15) is 4.79 Å². The smallest absolute Gasteiger partial charge is 0.163 e. The first-order valence-corrected chi connectivity index (χ1v) is 6.00. The Balaban J connectivity index is 2.99. The third-order valence-electron chi connectivity index (χ3n) is 1.71. The maximum absolute atomic E-state index is 11.6. The van der Waals surface area contributed by atoms with Gasteiger partial charge < -0.3 is 0 Å². The van der Waals surface area contributed by atoms with Gasteiger partial charge in [-0.3, -0.25) is 4.79 Å². The van der Waals surface area contributed by atoms with E-state index in [0.717, 1.165) is 20.0 Å². The van der Waals surface area contributed by atoms with Gasteiger partial charge in [-0.05, 0) is 47.2 Å². The predicted octanol–water partition coefficient (Wildman–Crippen LogP) is 4.04. The van der Waals surface area contributed by atoms with Gasteiger partial charge >= 0.3 is 0 Å². The molecule has 0 bridgehead atoms. The lowest BCUT2D eigenvalue weighted by Crippen LogP contribution is -2.00. The zero-order valence-electron chi connectivity index (χ0n) is 7.31. The maximum Gasteiger partial charge on any atom is 0.163 e. The number of ketones is 1. The van der Waals surface area contributed by atoms with Gasteiger partial charge in [0.25, 0.3) is 0 Å². The first-order chi connectivity index (χ1) is 6.15. The second kappa shape index (κ2) is 5.10. The normalized spacial score (nSPS) is 10.1. The van der Waals surface area contributed by atoms with Crippen LogP contribution in [0.3, 0.4) is 0 Å². The Kier molecular flexibility index (Phi) is 4.38. The fourth-order valence-electron chi connectivity index (χ4n) is 1.07. The number of halogens is 2. The van der Waals surface area contributed by atoms with E-state index in [1.54, 1.807) is 0 Å². The molecule has 0 aliphatic carbocycles. The highest BCUT2D eigenvalue weighted by Gasteiger charge is 2.08. The summed E-state index contributed by atoms with van der Waals surface area (Å²) >= 11 is 5.55. The Bertz CT molecular complexity index is 323. The Labute approximate surface area is 100 Å². The van der Waals surface area contributed by atoms with Crippen molar-refractivity contribution < 1.29 is 4.79 Å². The van der Waals surface area contributed by atoms with Crippen LogP contribution in [0.4, 0.5) is 0 Å². The van der Waals surface area contributed by atoms with Gasteiger partial charge in [-0.15, -0.1) is 0 Å². The Morgan fingerprint density at radius 3 is 2.85 bits per heavy atom. The Morgan fingerprint density at radius 1 is 1.54 bits per heavy atom. The van der Waals surface area contributed by atoms with Gasteiger partial charge in [-0.2, -0.15) is 0 Å². The highest BCUT2D eigenvalue weighted by Crippen LogP contribution is 2.20. The summed E-state index contributed by atoms with van der Waals surface area (Å²) in [5.74, 6) is 0.230. The number of carbonyl (C=O) groups is 1. The number of hydrogen-bond acceptors (Lipinski definition) is 1. The van der Waals surface area contributed by atoms with Crippen LogP contribution >= 0.6 is 38.5 Å². The average molecular weight is 353 g/mol. The number of carbonyl (C=O) groups excluding carboxylic acids is 1. The molecule has 0 aliphatic heterocycles. The van der Waals surface area contributed by atoms with Crippen LogP contribution in [0, 0.1) is 3.57 Å². The molecule has 3 heteroatoms. The lowest BCUT2D eigenvalue weighted by Gasteiger charge is -2.02. The molecule has 1 aromatic rings. The van der Waals surface area contributed by atoms with Gasteiger partial charge in [0.2, 0.25) is 0 Å². The van der Waals surface area contributed by atoms with Crippen molar-refractivity contribution in [1.29, 1.82) is 0 Å². The van der Waals surface area contributed by atoms with Crippen LogP contribution in [0.5, 0.6) is 0 Å². The molecule has 0 atom stereocenters. The molecule has 0 N–H and O–H groups in total. The van der Waals surface area contributed by atoms with E-state index >= 15 is 0 Å². The van der Waals surface area contributed by atoms with Crippen molar-refractivity contribution in [3.8, 4) is 0 Å². The standard InChI is InChI=1S/C10H10BrIO/c1-2-3-10(13)8-6-7(11)4-5-9(8)12/h4-6H,2-3H2,1H3. The summed E-state index contributed by atoms with van der Waals surface area (Å²) < 4.78 is 1.99. The fourth-order valence-corrected chi connectivity index (χ4v) is 2.07. The van der Waals surface area contributed by atoms with Crippen molar-refractivity contribution in [2.45, 2.75) is 19.8 Å². The summed E-state index contributed by atoms with van der Waals surface area (Å²) in [4.78, 5) is 11.6. The Morgan fingerprint density at radius 2 is 2.23 bits per heavy atom. The number of Topliss-reactive ketones (excluding diaryl/α,β-unsaturated/α-hetero) is 1. The third-order valence-corrected chi connectivity index (χ3v) is 3.14. The van der Waals surface area contributed by atoms with E-state index in [0.29, 0.717) is 6.42 Å². The third kappa shape index (κ3) is 3.06. The molecule has 0 unspecified atom stereocenters. The van der Waals surface area contributed by atoms with Gasteiger partial charge in [0.05, 0.1) is 0 Å². The van der Waals surface area contributed by atoms with E-state index in [-0.39, 0.29) is 5.78 Å². The molecule has 0 heterocycles. The van der Waals surface area contributed by atoms with Crippen molar-refractivity contribution in [2.75, 3.05) is 0 Å². The summed E-state index contributed by atoms with van der Waals surface area (Å²) in [5, 5.41) is 0. The van der Waals surface area contributed by atoms with Gasteiger partial charge in [0.1, 0.15) is 0 Å². The Hall–Kier alpha value is 0.1000. The molecule has 0 saturated heterocycles. The van der Waals surface area contributed by atoms with Crippen LogP contribution in [-0.2, 0) is 0 Å². The highest BCUT2D eigenvalue weighted by atomic mass is 127. The minimum absolute atomic E-state index is 0.230. The average Bonchev–Trinajstić information content (AvgIpc) is 2.09. The van der Waals surface area contributed by atoms with Crippen molar-refractivity contribution in [3.63, 3.8) is 0 Å². The van der Waals surface area contributed by atoms with Crippen LogP contribution in [0.2, 0.25) is 0 Å². The molecule has 1 aromatic carbocycles. The van der Waals surface area contributed by atoms with E-state index in [2.05, 4.69) is 38.5 Å². The van der Waals surface area contributed by atoms with Crippen LogP contribution in [0.25, 0.3) is 0 Å². The van der Waals surface area contributed by atoms with E-state index in [1.165, 1.54) is 0 Å². The van der Waals surface area contributed by atoms with Crippen molar-refractivity contribution >= 4 is 44.3 Å². The number of hydrogen-bond donors (Lipinski definition) is 0. The summed E-state index contributed by atoms with van der Waals surface area (Å²) in [6.07, 6.45) is 1.54. The maximum atomic E-state index is 11.6. The lowest BCUT2D eigenvalue weighted by molar-refractivity contribution is 0.0981. The van der Waals surface area contributed by atoms with E-state index < -0.39 is 0 Å². The summed E-state index contributed by atoms with van der Waals surface area (Å²) in [6, 6.07) is 5.79. The van der Waals surface area contributed by atoms with Crippen LogP contribution in [0.1, 0.15) is 30.1 Å². The molecule has 0 radical (unpaired) electrons. The molecule has 0 saturated carbocycles. The highest BCUT2D eigenvalue weighted by molar-refractivity contribution is 14.1. The lowest BCUT2D eigenvalue weighted by atomic mass is 10.1. The molecule has 0 aromatic heterocycles. The second-order valence-corrected chi connectivity index (χ2v) is 4.88. The number of rotatable bonds is 3. The predicted molar refractivity (Wildman–Crippen MR) is 66.1 cm³/mol. The zero-order chi connectivity index (χ0) is 9.84. The molecule has 0 amide bonds. The van der Waals surface area contributed by atoms with Crippen LogP contribution in [0.15, 0.2) is 22.7 Å². The van der Waals surface area contributed by atoms with Gasteiger partial charge in [-0.1, -0.05) is 22.9 Å². The number of benzene rings is 1. The second-order valence-electron chi connectivity index (χ2n) is 2.80. The summed E-state index contributed by atoms with van der Waals surface area (Å²) in [6.45, 7) is 2.02. The van der Waals surface area contributed by atoms with Crippen molar-refractivity contribution in [3.05, 3.63) is 31.8 Å². The zero-order valence-corrected chi connectivity index (χ0v) is 11.1. The monoisotopic (exact) mass is 352 g/mol. The van der Waals surface area contributed by atoms with Gasteiger partial charge in [0.15, 0.2) is 5.78 Å². The first kappa shape index (κ1) is 11.2. The summed E-state index contributed by atoms with van der Waals surface area (Å²) in [5.41, 5.74) is 0.830. The molecule has 70 valence electrons. The summed E-state index contributed by atoms with van der Waals surface area (Å²) in [7, 11) is 0. The van der Waals surface area contributed by atoms with Gasteiger partial charge in [0, 0.05) is 20.0 Å². The molecule has 13 heavy (non-hydrogen) atoms. The van der Waals surface area contributed by atoms with E-state index in [1.807, 2.05) is 25.1 Å². The molecule has 0 fully saturated rings. The largest absolute Gasteiger partial charge is 0.294 e. The minimum atomic E-state index is 0.230. The quantitative estimate of drug-likeness (QED) is 0.592. The molecule has 1 rings (SSSR count). The van der Waals surface area contributed by atoms with E-state index in [4.69, 9.17) is 0 Å². The van der Waals surface area contributed by atoms with Crippen LogP contribution in [-0.4, -0.2) is 5.78 Å². The minimum Gasteiger partial charge on any atom is -0.294 e. The molecular formula is C10H10BrIO. The topological polar surface area (TPSA) is 17.1 Å². The van der Waals surface area contributed by atoms with Crippen molar-refractivity contribution in [1.82, 2.24) is 0 Å². The molecule has 0 aliphatic rings. The van der Waals surface area contributed by atoms with Crippen LogP contribution < -0.4 is 0 Å². The molecule has 1 nitrogen and oxygen atoms in total. The SMILES string of the molecule is CCCC(=O)c1cc(Br)ccc1I.